The van der Waals surface area contributed by atoms with Gasteiger partial charge in [-0.3, -0.25) is 24.9 Å². The number of hydrogen-bond donors (Lipinski definition) is 1. The zero-order chi connectivity index (χ0) is 18.8. The van der Waals surface area contributed by atoms with Crippen LogP contribution in [0.2, 0.25) is 0 Å². The molecule has 1 amide bonds. The molecule has 0 saturated carbocycles. The number of benzene rings is 1. The maximum absolute atomic E-state index is 12.4. The van der Waals surface area contributed by atoms with Crippen LogP contribution < -0.4 is 5.32 Å². The number of nitro benzene ring substituents is 1. The molecule has 1 N–H and O–H groups in total. The molecule has 26 heavy (non-hydrogen) atoms. The summed E-state index contributed by atoms with van der Waals surface area (Å²) in [6, 6.07) is 8.02. The van der Waals surface area contributed by atoms with E-state index in [1.807, 2.05) is 20.8 Å². The predicted molar refractivity (Wildman–Crippen MR) is 99.5 cm³/mol. The second kappa shape index (κ2) is 7.04. The second-order valence-corrected chi connectivity index (χ2v) is 6.86. The summed E-state index contributed by atoms with van der Waals surface area (Å²) in [5.41, 5.74) is 2.66. The van der Waals surface area contributed by atoms with Crippen molar-refractivity contribution in [1.82, 2.24) is 14.8 Å². The molecule has 0 unspecified atom stereocenters. The number of aryl methyl sites for hydroxylation is 1. The van der Waals surface area contributed by atoms with Crippen molar-refractivity contribution in [3.8, 4) is 11.3 Å². The van der Waals surface area contributed by atoms with Gasteiger partial charge in [0.25, 0.3) is 11.6 Å². The number of rotatable bonds is 5. The third-order valence-electron chi connectivity index (χ3n) is 3.74. The number of hydrogen-bond acceptors (Lipinski definition) is 6. The summed E-state index contributed by atoms with van der Waals surface area (Å²) in [6.45, 7) is 5.90. The zero-order valence-corrected chi connectivity index (χ0v) is 15.3. The first-order valence-corrected chi connectivity index (χ1v) is 8.81. The van der Waals surface area contributed by atoms with Gasteiger partial charge in [0.2, 0.25) is 0 Å². The van der Waals surface area contributed by atoms with E-state index in [1.165, 1.54) is 23.5 Å². The average Bonchev–Trinajstić information content (AvgIpc) is 3.21. The Kier molecular flexibility index (Phi) is 4.81. The van der Waals surface area contributed by atoms with E-state index < -0.39 is 4.92 Å². The van der Waals surface area contributed by atoms with Gasteiger partial charge in [-0.05, 0) is 39.0 Å². The van der Waals surface area contributed by atoms with E-state index in [0.717, 1.165) is 11.3 Å². The lowest BCUT2D eigenvalue weighted by atomic mass is 10.1. The highest BCUT2D eigenvalue weighted by atomic mass is 32.1. The molecule has 0 aliphatic rings. The minimum atomic E-state index is -0.450. The van der Waals surface area contributed by atoms with E-state index in [-0.39, 0.29) is 17.6 Å². The minimum absolute atomic E-state index is 0.0219. The predicted octanol–water partition coefficient (Wildman–Crippen LogP) is 4.06. The molecule has 0 fully saturated rings. The Bertz CT molecular complexity index is 959. The molecule has 1 aromatic carbocycles. The van der Waals surface area contributed by atoms with Crippen molar-refractivity contribution in [3.63, 3.8) is 0 Å². The lowest BCUT2D eigenvalue weighted by Crippen LogP contribution is -2.13. The van der Waals surface area contributed by atoms with Crippen LogP contribution >= 0.6 is 11.3 Å². The first-order chi connectivity index (χ1) is 12.3. The molecule has 134 valence electrons. The van der Waals surface area contributed by atoms with Gasteiger partial charge in [0.1, 0.15) is 0 Å². The van der Waals surface area contributed by atoms with Crippen molar-refractivity contribution in [2.75, 3.05) is 5.32 Å². The highest BCUT2D eigenvalue weighted by Crippen LogP contribution is 2.26. The molecule has 9 heteroatoms. The van der Waals surface area contributed by atoms with Crippen molar-refractivity contribution in [3.05, 3.63) is 57.2 Å². The van der Waals surface area contributed by atoms with Crippen LogP contribution in [0.4, 0.5) is 10.8 Å². The molecule has 0 saturated heterocycles. The summed E-state index contributed by atoms with van der Waals surface area (Å²) >= 11 is 1.28. The number of carbonyl (C=O) groups excluding carboxylic acids is 1. The number of nitrogens with one attached hydrogen (secondary N) is 1. The molecule has 0 bridgehead atoms. The van der Waals surface area contributed by atoms with Gasteiger partial charge in [0.15, 0.2) is 10.8 Å². The molecule has 0 spiro atoms. The van der Waals surface area contributed by atoms with Gasteiger partial charge in [-0.1, -0.05) is 0 Å². The highest BCUT2D eigenvalue weighted by Gasteiger charge is 2.16. The fourth-order valence-corrected chi connectivity index (χ4v) is 3.22. The van der Waals surface area contributed by atoms with Gasteiger partial charge in [0, 0.05) is 34.8 Å². The Balaban J connectivity index is 1.74. The molecule has 0 aliphatic heterocycles. The molecule has 0 radical (unpaired) electrons. The van der Waals surface area contributed by atoms with Crippen LogP contribution in [0.1, 0.15) is 36.1 Å². The smallest absolute Gasteiger partial charge is 0.277 e. The number of non-ortho nitro benzene ring substituents is 1. The minimum Gasteiger partial charge on any atom is -0.296 e. The lowest BCUT2D eigenvalue weighted by molar-refractivity contribution is -0.384. The van der Waals surface area contributed by atoms with Gasteiger partial charge >= 0.3 is 0 Å². The third kappa shape index (κ3) is 3.62. The molecular formula is C17H17N5O3S. The maximum atomic E-state index is 12.4. The van der Waals surface area contributed by atoms with Crippen LogP contribution in [0.3, 0.4) is 0 Å². The number of thiazole rings is 1. The second-order valence-electron chi connectivity index (χ2n) is 6.01. The first kappa shape index (κ1) is 17.7. The van der Waals surface area contributed by atoms with Crippen LogP contribution in [-0.2, 0) is 0 Å². The Morgan fingerprint density at radius 1 is 1.31 bits per heavy atom. The van der Waals surface area contributed by atoms with E-state index in [9.17, 15) is 14.9 Å². The molecule has 3 rings (SSSR count). The van der Waals surface area contributed by atoms with Gasteiger partial charge in [-0.15, -0.1) is 11.3 Å². The van der Waals surface area contributed by atoms with Gasteiger partial charge < -0.3 is 0 Å². The largest absolute Gasteiger partial charge is 0.296 e. The van der Waals surface area contributed by atoms with E-state index in [1.54, 1.807) is 28.3 Å². The van der Waals surface area contributed by atoms with Crippen LogP contribution in [0.15, 0.2) is 35.7 Å². The Labute approximate surface area is 153 Å². The number of carbonyl (C=O) groups is 1. The molecule has 2 heterocycles. The van der Waals surface area contributed by atoms with Crippen molar-refractivity contribution in [2.45, 2.75) is 26.8 Å². The highest BCUT2D eigenvalue weighted by molar-refractivity contribution is 7.14. The van der Waals surface area contributed by atoms with Crippen LogP contribution in [0.5, 0.6) is 0 Å². The van der Waals surface area contributed by atoms with Crippen LogP contribution in [-0.4, -0.2) is 25.6 Å². The first-order valence-electron chi connectivity index (χ1n) is 7.93. The van der Waals surface area contributed by atoms with Crippen LogP contribution in [0, 0.1) is 17.0 Å². The zero-order valence-electron chi connectivity index (χ0n) is 14.5. The summed E-state index contributed by atoms with van der Waals surface area (Å²) in [4.78, 5) is 27.0. The van der Waals surface area contributed by atoms with Crippen molar-refractivity contribution in [1.29, 1.82) is 0 Å². The topological polar surface area (TPSA) is 103 Å². The van der Waals surface area contributed by atoms with Crippen molar-refractivity contribution < 1.29 is 9.72 Å². The van der Waals surface area contributed by atoms with Gasteiger partial charge in [-0.2, -0.15) is 5.10 Å². The lowest BCUT2D eigenvalue weighted by Gasteiger charge is -2.06. The molecule has 3 aromatic rings. The van der Waals surface area contributed by atoms with E-state index in [0.29, 0.717) is 16.5 Å². The number of amides is 1. The number of anilines is 1. The van der Waals surface area contributed by atoms with E-state index in [2.05, 4.69) is 15.4 Å². The fraction of sp³-hybridized carbons (Fsp3) is 0.235. The molecule has 0 aliphatic carbocycles. The Hall–Kier alpha value is -3.07. The summed E-state index contributed by atoms with van der Waals surface area (Å²) in [5, 5.41) is 20.0. The SMILES string of the molecule is Cc1cc(C(=O)Nc2nc(-c3ccc([N+](=O)[O-])cc3)cs2)nn1C(C)C. The number of nitro groups is 1. The maximum Gasteiger partial charge on any atom is 0.277 e. The molecular weight excluding hydrogens is 354 g/mol. The average molecular weight is 371 g/mol. The third-order valence-corrected chi connectivity index (χ3v) is 4.50. The summed E-state index contributed by atoms with van der Waals surface area (Å²) < 4.78 is 1.79. The molecule has 8 nitrogen and oxygen atoms in total. The van der Waals surface area contributed by atoms with Crippen LogP contribution in [0.25, 0.3) is 11.3 Å². The Morgan fingerprint density at radius 3 is 2.58 bits per heavy atom. The van der Waals surface area contributed by atoms with Gasteiger partial charge in [-0.25, -0.2) is 4.98 Å². The number of nitrogens with zero attached hydrogens (tertiary/aromatic N) is 4. The summed E-state index contributed by atoms with van der Waals surface area (Å²) in [7, 11) is 0. The van der Waals surface area contributed by atoms with E-state index in [4.69, 9.17) is 0 Å². The summed E-state index contributed by atoms with van der Waals surface area (Å²) in [6.07, 6.45) is 0. The number of aromatic nitrogens is 3. The Morgan fingerprint density at radius 2 is 2.00 bits per heavy atom. The fourth-order valence-electron chi connectivity index (χ4n) is 2.50. The standard InChI is InChI=1S/C17H17N5O3S/c1-10(2)21-11(3)8-14(20-21)16(23)19-17-18-15(9-26-17)12-4-6-13(7-5-12)22(24)25/h4-10H,1-3H3,(H,18,19,23). The molecule has 0 atom stereocenters. The van der Waals surface area contributed by atoms with Gasteiger partial charge in [0.05, 0.1) is 10.6 Å². The molecule has 2 aromatic heterocycles. The van der Waals surface area contributed by atoms with E-state index >= 15 is 0 Å². The van der Waals surface area contributed by atoms with Crippen molar-refractivity contribution in [2.24, 2.45) is 0 Å². The summed E-state index contributed by atoms with van der Waals surface area (Å²) in [5.74, 6) is -0.322. The van der Waals surface area contributed by atoms with Crippen molar-refractivity contribution >= 4 is 28.1 Å². The normalized spacial score (nSPS) is 10.9. The monoisotopic (exact) mass is 371 g/mol. The quantitative estimate of drug-likeness (QED) is 0.538.